The maximum absolute atomic E-state index is 12.1. The van der Waals surface area contributed by atoms with Crippen molar-refractivity contribution in [3.8, 4) is 5.75 Å². The van der Waals surface area contributed by atoms with Crippen LogP contribution in [0.25, 0.3) is 0 Å². The second-order valence-electron chi connectivity index (χ2n) is 4.86. The van der Waals surface area contributed by atoms with Crippen LogP contribution < -0.4 is 4.74 Å². The van der Waals surface area contributed by atoms with Gasteiger partial charge in [0.2, 0.25) is 0 Å². The number of benzene rings is 1. The standard InChI is InChI=1S/C15H18ClNO3/c16-13-7-5-6-12(10-18)15(13)20-11-14(19)17-8-3-1-2-4-9-17/h5-7,10H,1-4,8-9,11H2. The lowest BCUT2D eigenvalue weighted by Gasteiger charge is -2.20. The van der Waals surface area contributed by atoms with Gasteiger partial charge in [0.15, 0.2) is 12.9 Å². The Labute approximate surface area is 123 Å². The summed E-state index contributed by atoms with van der Waals surface area (Å²) in [6.07, 6.45) is 5.10. The van der Waals surface area contributed by atoms with Gasteiger partial charge in [0.25, 0.3) is 5.91 Å². The number of rotatable bonds is 4. The number of carbonyl (C=O) groups is 2. The van der Waals surface area contributed by atoms with Gasteiger partial charge in [0.05, 0.1) is 10.6 Å². The van der Waals surface area contributed by atoms with Gasteiger partial charge in [-0.25, -0.2) is 0 Å². The molecule has 1 fully saturated rings. The van der Waals surface area contributed by atoms with Crippen molar-refractivity contribution in [3.05, 3.63) is 28.8 Å². The third kappa shape index (κ3) is 3.73. The van der Waals surface area contributed by atoms with E-state index in [1.165, 1.54) is 12.8 Å². The van der Waals surface area contributed by atoms with Gasteiger partial charge in [-0.15, -0.1) is 0 Å². The quantitative estimate of drug-likeness (QED) is 0.802. The van der Waals surface area contributed by atoms with Crippen LogP contribution in [-0.4, -0.2) is 36.8 Å². The molecule has 1 amide bonds. The molecule has 0 saturated carbocycles. The lowest BCUT2D eigenvalue weighted by atomic mass is 10.2. The molecule has 0 aromatic heterocycles. The molecule has 0 unspecified atom stereocenters. The Balaban J connectivity index is 1.97. The average molecular weight is 296 g/mol. The monoisotopic (exact) mass is 295 g/mol. The summed E-state index contributed by atoms with van der Waals surface area (Å²) >= 11 is 5.99. The first-order valence-electron chi connectivity index (χ1n) is 6.86. The molecule has 0 N–H and O–H groups in total. The normalized spacial score (nSPS) is 15.6. The predicted octanol–water partition coefficient (Wildman–Crippen LogP) is 2.93. The number of amides is 1. The molecule has 0 bridgehead atoms. The van der Waals surface area contributed by atoms with Gasteiger partial charge in [-0.1, -0.05) is 30.5 Å². The van der Waals surface area contributed by atoms with Crippen LogP contribution in [0.4, 0.5) is 0 Å². The van der Waals surface area contributed by atoms with Gasteiger partial charge in [-0.3, -0.25) is 9.59 Å². The number of ether oxygens (including phenoxy) is 1. The van der Waals surface area contributed by atoms with Crippen LogP contribution >= 0.6 is 11.6 Å². The van der Waals surface area contributed by atoms with Crippen LogP contribution in [0.2, 0.25) is 5.02 Å². The SMILES string of the molecule is O=Cc1cccc(Cl)c1OCC(=O)N1CCCCCC1. The van der Waals surface area contributed by atoms with E-state index >= 15 is 0 Å². The fourth-order valence-corrected chi connectivity index (χ4v) is 2.55. The summed E-state index contributed by atoms with van der Waals surface area (Å²) in [5, 5.41) is 0.346. The maximum Gasteiger partial charge on any atom is 0.260 e. The van der Waals surface area contributed by atoms with E-state index < -0.39 is 0 Å². The Morgan fingerprint density at radius 3 is 2.60 bits per heavy atom. The van der Waals surface area contributed by atoms with E-state index in [4.69, 9.17) is 16.3 Å². The first-order valence-corrected chi connectivity index (χ1v) is 7.24. The number of likely N-dealkylation sites (tertiary alicyclic amines) is 1. The molecule has 0 radical (unpaired) electrons. The summed E-state index contributed by atoms with van der Waals surface area (Å²) in [4.78, 5) is 24.9. The first kappa shape index (κ1) is 14.9. The Kier molecular flexibility index (Phi) is 5.41. The molecule has 4 nitrogen and oxygen atoms in total. The third-order valence-corrected chi connectivity index (χ3v) is 3.72. The molecule has 1 aromatic carbocycles. The number of nitrogens with zero attached hydrogens (tertiary/aromatic N) is 1. The molecule has 0 spiro atoms. The molecule has 2 rings (SSSR count). The van der Waals surface area contributed by atoms with Crippen molar-refractivity contribution < 1.29 is 14.3 Å². The van der Waals surface area contributed by atoms with Crippen molar-refractivity contribution in [3.63, 3.8) is 0 Å². The molecule has 1 aromatic rings. The topological polar surface area (TPSA) is 46.6 Å². The minimum absolute atomic E-state index is 0.0522. The number of para-hydroxylation sites is 1. The van der Waals surface area contributed by atoms with Gasteiger partial charge in [0.1, 0.15) is 5.75 Å². The van der Waals surface area contributed by atoms with E-state index in [0.717, 1.165) is 25.9 Å². The lowest BCUT2D eigenvalue weighted by molar-refractivity contribution is -0.133. The van der Waals surface area contributed by atoms with Crippen molar-refractivity contribution >= 4 is 23.8 Å². The van der Waals surface area contributed by atoms with E-state index in [9.17, 15) is 9.59 Å². The smallest absolute Gasteiger partial charge is 0.260 e. The van der Waals surface area contributed by atoms with Crippen molar-refractivity contribution in [2.75, 3.05) is 19.7 Å². The summed E-state index contributed by atoms with van der Waals surface area (Å²) in [6, 6.07) is 4.93. The van der Waals surface area contributed by atoms with Gasteiger partial charge in [-0.2, -0.15) is 0 Å². The van der Waals surface area contributed by atoms with Gasteiger partial charge < -0.3 is 9.64 Å². The van der Waals surface area contributed by atoms with E-state index in [1.54, 1.807) is 18.2 Å². The van der Waals surface area contributed by atoms with Crippen molar-refractivity contribution in [1.82, 2.24) is 4.90 Å². The molecule has 0 atom stereocenters. The zero-order chi connectivity index (χ0) is 14.4. The number of hydrogen-bond donors (Lipinski definition) is 0. The third-order valence-electron chi connectivity index (χ3n) is 3.42. The van der Waals surface area contributed by atoms with Crippen molar-refractivity contribution in [2.24, 2.45) is 0 Å². The first-order chi connectivity index (χ1) is 9.72. The molecular weight excluding hydrogens is 278 g/mol. The molecule has 1 saturated heterocycles. The molecule has 1 aliphatic rings. The largest absolute Gasteiger partial charge is 0.481 e. The van der Waals surface area contributed by atoms with Gasteiger partial charge in [0, 0.05) is 13.1 Å². The average Bonchev–Trinajstić information content (AvgIpc) is 2.74. The minimum atomic E-state index is -0.0788. The van der Waals surface area contributed by atoms with E-state index in [1.807, 2.05) is 4.90 Å². The van der Waals surface area contributed by atoms with Crippen LogP contribution in [0.15, 0.2) is 18.2 Å². The number of hydrogen-bond acceptors (Lipinski definition) is 3. The summed E-state index contributed by atoms with van der Waals surface area (Å²) < 4.78 is 5.46. The Hall–Kier alpha value is -1.55. The van der Waals surface area contributed by atoms with Crippen LogP contribution in [0.5, 0.6) is 5.75 Å². The van der Waals surface area contributed by atoms with E-state index in [2.05, 4.69) is 0 Å². The Morgan fingerprint density at radius 1 is 1.25 bits per heavy atom. The highest BCUT2D eigenvalue weighted by Crippen LogP contribution is 2.27. The molecule has 1 aliphatic heterocycles. The second-order valence-corrected chi connectivity index (χ2v) is 5.27. The molecule has 0 aliphatic carbocycles. The number of carbonyl (C=O) groups excluding carboxylic acids is 2. The zero-order valence-electron chi connectivity index (χ0n) is 11.3. The summed E-state index contributed by atoms with van der Waals surface area (Å²) in [5.41, 5.74) is 0.362. The van der Waals surface area contributed by atoms with Crippen LogP contribution in [-0.2, 0) is 4.79 Å². The van der Waals surface area contributed by atoms with Gasteiger partial charge >= 0.3 is 0 Å². The van der Waals surface area contributed by atoms with Crippen molar-refractivity contribution in [1.29, 1.82) is 0 Å². The predicted molar refractivity (Wildman–Crippen MR) is 77.4 cm³/mol. The van der Waals surface area contributed by atoms with Gasteiger partial charge in [-0.05, 0) is 25.0 Å². The molecular formula is C15H18ClNO3. The van der Waals surface area contributed by atoms with Crippen LogP contribution in [0.3, 0.4) is 0 Å². The van der Waals surface area contributed by atoms with Crippen LogP contribution in [0, 0.1) is 0 Å². The number of aldehydes is 1. The number of halogens is 1. The maximum atomic E-state index is 12.1. The highest BCUT2D eigenvalue weighted by Gasteiger charge is 2.17. The Morgan fingerprint density at radius 2 is 1.95 bits per heavy atom. The summed E-state index contributed by atoms with van der Waals surface area (Å²) in [5.74, 6) is 0.232. The highest BCUT2D eigenvalue weighted by molar-refractivity contribution is 6.32. The fourth-order valence-electron chi connectivity index (χ4n) is 2.32. The lowest BCUT2D eigenvalue weighted by Crippen LogP contribution is -2.35. The summed E-state index contributed by atoms with van der Waals surface area (Å²) in [7, 11) is 0. The molecule has 20 heavy (non-hydrogen) atoms. The van der Waals surface area contributed by atoms with Crippen LogP contribution in [0.1, 0.15) is 36.0 Å². The minimum Gasteiger partial charge on any atom is -0.481 e. The summed E-state index contributed by atoms with van der Waals surface area (Å²) in [6.45, 7) is 1.49. The van der Waals surface area contributed by atoms with Crippen molar-refractivity contribution in [2.45, 2.75) is 25.7 Å². The fraction of sp³-hybridized carbons (Fsp3) is 0.467. The van der Waals surface area contributed by atoms with E-state index in [0.29, 0.717) is 16.9 Å². The van der Waals surface area contributed by atoms with E-state index in [-0.39, 0.29) is 18.3 Å². The zero-order valence-corrected chi connectivity index (χ0v) is 12.1. The molecule has 108 valence electrons. The molecule has 1 heterocycles. The molecule has 5 heteroatoms. The Bertz CT molecular complexity index is 482. The second kappa shape index (κ2) is 7.29. The highest BCUT2D eigenvalue weighted by atomic mass is 35.5.